The summed E-state index contributed by atoms with van der Waals surface area (Å²) in [5, 5.41) is 0.768. The summed E-state index contributed by atoms with van der Waals surface area (Å²) in [5.41, 5.74) is 2.40. The number of ketones is 1. The van der Waals surface area contributed by atoms with Crippen molar-refractivity contribution in [1.29, 1.82) is 0 Å². The SMILES string of the molecule is CCCCCCCCCCCC(=O)c1c(C(=O)OCC)n(CCOc2ccc(CC(=O)OCC)cc2)c2ccccc12. The molecule has 42 heavy (non-hydrogen) atoms. The molecule has 0 fully saturated rings. The smallest absolute Gasteiger partial charge is 0.355 e. The zero-order valence-electron chi connectivity index (χ0n) is 25.6. The maximum atomic E-state index is 13.6. The second kappa shape index (κ2) is 18.0. The Balaban J connectivity index is 1.68. The third-order valence-corrected chi connectivity index (χ3v) is 7.39. The molecule has 7 heteroatoms. The Kier molecular flexibility index (Phi) is 14.1. The summed E-state index contributed by atoms with van der Waals surface area (Å²) in [5.74, 6) is -0.125. The fourth-order valence-corrected chi connectivity index (χ4v) is 5.29. The van der Waals surface area contributed by atoms with Gasteiger partial charge in [-0.3, -0.25) is 9.59 Å². The number of carbonyl (C=O) groups is 3. The number of nitrogens with zero attached hydrogens (tertiary/aromatic N) is 1. The van der Waals surface area contributed by atoms with Crippen LogP contribution in [0.5, 0.6) is 5.75 Å². The molecule has 0 bridgehead atoms. The molecular weight excluding hydrogens is 530 g/mol. The molecule has 1 heterocycles. The van der Waals surface area contributed by atoms with Crippen LogP contribution in [0.3, 0.4) is 0 Å². The Morgan fingerprint density at radius 3 is 2.05 bits per heavy atom. The highest BCUT2D eigenvalue weighted by Gasteiger charge is 2.27. The van der Waals surface area contributed by atoms with Gasteiger partial charge in [-0.15, -0.1) is 0 Å². The topological polar surface area (TPSA) is 83.8 Å². The molecule has 0 aliphatic heterocycles. The lowest BCUT2D eigenvalue weighted by atomic mass is 10.00. The number of aromatic nitrogens is 1. The summed E-state index contributed by atoms with van der Waals surface area (Å²) in [6.07, 6.45) is 11.2. The van der Waals surface area contributed by atoms with E-state index >= 15 is 0 Å². The minimum Gasteiger partial charge on any atom is -0.492 e. The second-order valence-electron chi connectivity index (χ2n) is 10.6. The molecule has 228 valence electrons. The highest BCUT2D eigenvalue weighted by Crippen LogP contribution is 2.29. The van der Waals surface area contributed by atoms with Crippen LogP contribution in [0.25, 0.3) is 10.9 Å². The molecule has 0 spiro atoms. The van der Waals surface area contributed by atoms with Gasteiger partial charge >= 0.3 is 11.9 Å². The standard InChI is InChI=1S/C35H47NO6/c1-4-7-8-9-10-11-12-13-14-19-31(37)33-29-17-15-16-18-30(29)36(34(33)35(39)41-6-3)24-25-42-28-22-20-27(21-23-28)26-32(38)40-5-2/h15-18,20-23H,4-14,19,24-26H2,1-3H3. The van der Waals surface area contributed by atoms with E-state index in [1.165, 1.54) is 38.5 Å². The molecule has 0 saturated heterocycles. The largest absolute Gasteiger partial charge is 0.492 e. The normalized spacial score (nSPS) is 11.0. The van der Waals surface area contributed by atoms with Gasteiger partial charge in [0.25, 0.3) is 0 Å². The Morgan fingerprint density at radius 2 is 1.38 bits per heavy atom. The van der Waals surface area contributed by atoms with Gasteiger partial charge in [-0.25, -0.2) is 4.79 Å². The molecule has 0 atom stereocenters. The average molecular weight is 578 g/mol. The van der Waals surface area contributed by atoms with Crippen molar-refractivity contribution in [3.8, 4) is 5.75 Å². The number of rotatable bonds is 20. The van der Waals surface area contributed by atoms with Crippen LogP contribution >= 0.6 is 0 Å². The van der Waals surface area contributed by atoms with E-state index in [9.17, 15) is 14.4 Å². The lowest BCUT2D eigenvalue weighted by Gasteiger charge is -2.13. The monoisotopic (exact) mass is 577 g/mol. The number of esters is 2. The molecule has 0 aliphatic rings. The molecule has 0 unspecified atom stereocenters. The zero-order chi connectivity index (χ0) is 30.2. The molecule has 2 aromatic carbocycles. The number of unbranched alkanes of at least 4 members (excludes halogenated alkanes) is 8. The number of fused-ring (bicyclic) bond motifs is 1. The fourth-order valence-electron chi connectivity index (χ4n) is 5.29. The minimum atomic E-state index is -0.493. The molecule has 3 aromatic rings. The van der Waals surface area contributed by atoms with Crippen molar-refractivity contribution < 1.29 is 28.6 Å². The Labute approximate surface area is 250 Å². The van der Waals surface area contributed by atoms with Crippen molar-refractivity contribution in [2.45, 2.75) is 97.9 Å². The highest BCUT2D eigenvalue weighted by atomic mass is 16.5. The lowest BCUT2D eigenvalue weighted by molar-refractivity contribution is -0.142. The van der Waals surface area contributed by atoms with Crippen LogP contribution in [0.4, 0.5) is 0 Å². The number of benzene rings is 2. The van der Waals surface area contributed by atoms with Gasteiger partial charge in [-0.2, -0.15) is 0 Å². The van der Waals surface area contributed by atoms with Crippen molar-refractivity contribution in [3.05, 3.63) is 65.4 Å². The average Bonchev–Trinajstić information content (AvgIpc) is 3.32. The van der Waals surface area contributed by atoms with Gasteiger partial charge in [0.15, 0.2) is 5.78 Å². The minimum absolute atomic E-state index is 0.0194. The van der Waals surface area contributed by atoms with Crippen LogP contribution in [-0.4, -0.2) is 42.1 Å². The van der Waals surface area contributed by atoms with E-state index in [-0.39, 0.29) is 31.4 Å². The van der Waals surface area contributed by atoms with E-state index in [0.717, 1.165) is 35.7 Å². The third-order valence-electron chi connectivity index (χ3n) is 7.39. The van der Waals surface area contributed by atoms with Crippen molar-refractivity contribution in [2.75, 3.05) is 19.8 Å². The van der Waals surface area contributed by atoms with Gasteiger partial charge in [0.1, 0.15) is 18.1 Å². The van der Waals surface area contributed by atoms with Crippen molar-refractivity contribution in [3.63, 3.8) is 0 Å². The first-order chi connectivity index (χ1) is 20.5. The van der Waals surface area contributed by atoms with Gasteiger partial charge in [0.05, 0.1) is 31.7 Å². The Bertz CT molecular complexity index is 1280. The summed E-state index contributed by atoms with van der Waals surface area (Å²) in [7, 11) is 0. The number of para-hydroxylation sites is 1. The Hall–Kier alpha value is -3.61. The number of ether oxygens (including phenoxy) is 3. The molecule has 0 radical (unpaired) electrons. The molecule has 1 aromatic heterocycles. The van der Waals surface area contributed by atoms with E-state index in [2.05, 4.69) is 6.92 Å². The van der Waals surface area contributed by atoms with E-state index in [1.54, 1.807) is 13.8 Å². The maximum absolute atomic E-state index is 13.6. The van der Waals surface area contributed by atoms with Crippen molar-refractivity contribution in [2.24, 2.45) is 0 Å². The van der Waals surface area contributed by atoms with Crippen LogP contribution in [0.1, 0.15) is 111 Å². The van der Waals surface area contributed by atoms with E-state index in [4.69, 9.17) is 14.2 Å². The summed E-state index contributed by atoms with van der Waals surface area (Å²) in [6.45, 7) is 7.01. The fraction of sp³-hybridized carbons (Fsp3) is 0.514. The molecule has 0 N–H and O–H groups in total. The van der Waals surface area contributed by atoms with Crippen LogP contribution in [0.2, 0.25) is 0 Å². The van der Waals surface area contributed by atoms with Gasteiger partial charge in [0, 0.05) is 17.3 Å². The third kappa shape index (κ3) is 9.74. The zero-order valence-corrected chi connectivity index (χ0v) is 25.6. The molecular formula is C35H47NO6. The number of Topliss-reactive ketones (excluding diaryl/α,β-unsaturated/α-hetero) is 1. The van der Waals surface area contributed by atoms with Crippen LogP contribution in [0.15, 0.2) is 48.5 Å². The quantitative estimate of drug-likeness (QED) is 0.0766. The van der Waals surface area contributed by atoms with Gasteiger partial charge in [-0.05, 0) is 44.0 Å². The Morgan fingerprint density at radius 1 is 0.738 bits per heavy atom. The first kappa shape index (κ1) is 32.9. The van der Waals surface area contributed by atoms with Crippen molar-refractivity contribution >= 4 is 28.6 Å². The van der Waals surface area contributed by atoms with Gasteiger partial charge in [0.2, 0.25) is 0 Å². The molecule has 7 nitrogen and oxygen atoms in total. The second-order valence-corrected chi connectivity index (χ2v) is 10.6. The summed E-state index contributed by atoms with van der Waals surface area (Å²) in [6, 6.07) is 14.9. The number of carbonyl (C=O) groups excluding carboxylic acids is 3. The summed E-state index contributed by atoms with van der Waals surface area (Å²) < 4.78 is 18.3. The van der Waals surface area contributed by atoms with E-state index in [0.29, 0.717) is 36.6 Å². The summed E-state index contributed by atoms with van der Waals surface area (Å²) in [4.78, 5) is 38.5. The first-order valence-electron chi connectivity index (χ1n) is 15.7. The molecule has 0 amide bonds. The van der Waals surface area contributed by atoms with Crippen LogP contribution in [-0.2, 0) is 27.2 Å². The number of hydrogen-bond acceptors (Lipinski definition) is 6. The predicted octanol–water partition coefficient (Wildman–Crippen LogP) is 8.11. The lowest BCUT2D eigenvalue weighted by Crippen LogP contribution is -2.18. The van der Waals surface area contributed by atoms with E-state index in [1.807, 2.05) is 53.1 Å². The molecule has 3 rings (SSSR count). The predicted molar refractivity (Wildman–Crippen MR) is 166 cm³/mol. The summed E-state index contributed by atoms with van der Waals surface area (Å²) >= 11 is 0. The van der Waals surface area contributed by atoms with Gasteiger partial charge < -0.3 is 18.8 Å². The number of hydrogen-bond donors (Lipinski definition) is 0. The molecule has 0 saturated carbocycles. The van der Waals surface area contributed by atoms with Crippen molar-refractivity contribution in [1.82, 2.24) is 4.57 Å². The molecule has 0 aliphatic carbocycles. The van der Waals surface area contributed by atoms with E-state index < -0.39 is 5.97 Å². The highest BCUT2D eigenvalue weighted by molar-refractivity contribution is 6.15. The van der Waals surface area contributed by atoms with Crippen LogP contribution < -0.4 is 4.74 Å². The van der Waals surface area contributed by atoms with Crippen LogP contribution in [0, 0.1) is 0 Å². The van der Waals surface area contributed by atoms with Gasteiger partial charge in [-0.1, -0.05) is 88.6 Å². The maximum Gasteiger partial charge on any atom is 0.355 e. The first-order valence-corrected chi connectivity index (χ1v) is 15.7.